The molecule has 1 unspecified atom stereocenters. The number of hydrogen-bond donors (Lipinski definition) is 2. The number of rotatable bonds is 6. The number of halogens is 1. The molecule has 4 aromatic rings. The quantitative estimate of drug-likeness (QED) is 0.447. The van der Waals surface area contributed by atoms with E-state index < -0.39 is 6.04 Å². The average Bonchev–Trinajstić information content (AvgIpc) is 3.33. The largest absolute Gasteiger partial charge is 0.341 e. The van der Waals surface area contributed by atoms with Crippen LogP contribution in [0.1, 0.15) is 17.4 Å². The molecule has 7 nitrogen and oxygen atoms in total. The number of amides is 1. The van der Waals surface area contributed by atoms with Gasteiger partial charge in [-0.05, 0) is 42.0 Å². The molecule has 0 saturated carbocycles. The summed E-state index contributed by atoms with van der Waals surface area (Å²) in [7, 11) is 1.90. The van der Waals surface area contributed by atoms with Gasteiger partial charge >= 0.3 is 0 Å². The summed E-state index contributed by atoms with van der Waals surface area (Å²) in [5.74, 6) is 1.10. The topological polar surface area (TPSA) is 80.5 Å². The van der Waals surface area contributed by atoms with Gasteiger partial charge in [-0.1, -0.05) is 41.9 Å². The summed E-state index contributed by atoms with van der Waals surface area (Å²) in [6.07, 6.45) is 3.56. The van der Waals surface area contributed by atoms with Gasteiger partial charge in [0.15, 0.2) is 10.6 Å². The van der Waals surface area contributed by atoms with E-state index in [1.807, 2.05) is 60.3 Å². The molecular formula is C21H19ClN6OS. The van der Waals surface area contributed by atoms with Gasteiger partial charge in [0, 0.05) is 30.0 Å². The molecule has 0 aliphatic heterocycles. The number of carbonyl (C=O) groups excluding carboxylic acids is 1. The van der Waals surface area contributed by atoms with Crippen molar-refractivity contribution in [1.82, 2.24) is 29.6 Å². The van der Waals surface area contributed by atoms with E-state index in [1.165, 1.54) is 0 Å². The molecule has 1 atom stereocenters. The predicted octanol–water partition coefficient (Wildman–Crippen LogP) is 3.90. The Labute approximate surface area is 183 Å². The molecule has 0 spiro atoms. The summed E-state index contributed by atoms with van der Waals surface area (Å²) in [5.41, 5.74) is 1.75. The van der Waals surface area contributed by atoms with Gasteiger partial charge in [0.25, 0.3) is 0 Å². The number of H-pyrrole nitrogens is 1. The van der Waals surface area contributed by atoms with Gasteiger partial charge in [0.1, 0.15) is 18.4 Å². The molecule has 0 aliphatic carbocycles. The fraction of sp³-hybridized carbons (Fsp3) is 0.143. The normalized spacial score (nSPS) is 11.9. The fourth-order valence-corrected chi connectivity index (χ4v) is 3.55. The lowest BCUT2D eigenvalue weighted by Gasteiger charge is -2.19. The molecule has 0 bridgehead atoms. The smallest absolute Gasteiger partial charge is 0.240 e. The van der Waals surface area contributed by atoms with Crippen molar-refractivity contribution in [1.29, 1.82) is 0 Å². The van der Waals surface area contributed by atoms with Crippen molar-refractivity contribution in [2.45, 2.75) is 12.6 Å². The van der Waals surface area contributed by atoms with E-state index in [9.17, 15) is 4.79 Å². The first-order valence-corrected chi connectivity index (χ1v) is 10.0. The first kappa shape index (κ1) is 20.1. The molecule has 9 heteroatoms. The Morgan fingerprint density at radius 2 is 1.93 bits per heavy atom. The summed E-state index contributed by atoms with van der Waals surface area (Å²) < 4.78 is 3.91. The Balaban J connectivity index is 1.61. The van der Waals surface area contributed by atoms with E-state index >= 15 is 0 Å². The molecule has 2 N–H and O–H groups in total. The van der Waals surface area contributed by atoms with E-state index in [0.29, 0.717) is 15.6 Å². The van der Waals surface area contributed by atoms with E-state index in [-0.39, 0.29) is 12.5 Å². The molecular weight excluding hydrogens is 420 g/mol. The third-order valence-corrected chi connectivity index (χ3v) is 5.28. The highest BCUT2D eigenvalue weighted by atomic mass is 35.5. The van der Waals surface area contributed by atoms with Crippen LogP contribution in [0.5, 0.6) is 0 Å². The van der Waals surface area contributed by atoms with Crippen molar-refractivity contribution in [3.8, 4) is 11.4 Å². The van der Waals surface area contributed by atoms with Crippen LogP contribution in [0.4, 0.5) is 0 Å². The zero-order chi connectivity index (χ0) is 21.1. The van der Waals surface area contributed by atoms with Gasteiger partial charge in [-0.3, -0.25) is 14.5 Å². The summed E-state index contributed by atoms with van der Waals surface area (Å²) in [4.78, 5) is 17.4. The highest BCUT2D eigenvalue weighted by Gasteiger charge is 2.21. The maximum atomic E-state index is 13.0. The first-order valence-electron chi connectivity index (χ1n) is 9.25. The van der Waals surface area contributed by atoms with Crippen LogP contribution in [0.3, 0.4) is 0 Å². The number of carbonyl (C=O) groups is 1. The minimum absolute atomic E-state index is 0.0149. The molecule has 30 heavy (non-hydrogen) atoms. The third-order valence-electron chi connectivity index (χ3n) is 4.72. The molecule has 0 radical (unpaired) electrons. The van der Waals surface area contributed by atoms with Gasteiger partial charge in [0.05, 0.1) is 0 Å². The molecule has 1 amide bonds. The van der Waals surface area contributed by atoms with Gasteiger partial charge in [-0.25, -0.2) is 4.98 Å². The Morgan fingerprint density at radius 1 is 1.20 bits per heavy atom. The molecule has 0 aliphatic rings. The first-order chi connectivity index (χ1) is 14.5. The van der Waals surface area contributed by atoms with Crippen molar-refractivity contribution in [3.05, 3.63) is 88.2 Å². The van der Waals surface area contributed by atoms with Crippen LogP contribution in [-0.4, -0.2) is 30.2 Å². The fourth-order valence-electron chi connectivity index (χ4n) is 3.23. The lowest BCUT2D eigenvalue weighted by Crippen LogP contribution is -2.33. The number of benzene rings is 2. The maximum Gasteiger partial charge on any atom is 0.240 e. The van der Waals surface area contributed by atoms with Crippen LogP contribution < -0.4 is 5.32 Å². The number of aryl methyl sites for hydroxylation is 1. The number of hydrogen-bond acceptors (Lipinski definition) is 4. The van der Waals surface area contributed by atoms with Crippen LogP contribution in [-0.2, 0) is 18.4 Å². The standard InChI is InChI=1S/C21H19ClN6OS/c1-27-12-11-23-20(27)18(14-5-3-2-4-6-14)24-17(29)13-28-19(25-26-21(28)30)15-7-9-16(22)10-8-15/h2-12,18H,13H2,1H3,(H,24,29)(H,26,30). The zero-order valence-electron chi connectivity index (χ0n) is 16.1. The summed E-state index contributed by atoms with van der Waals surface area (Å²) >= 11 is 11.3. The summed E-state index contributed by atoms with van der Waals surface area (Å²) in [5, 5.41) is 10.7. The van der Waals surface area contributed by atoms with Crippen molar-refractivity contribution in [2.75, 3.05) is 0 Å². The SMILES string of the molecule is Cn1ccnc1C(NC(=O)Cn1c(-c2ccc(Cl)cc2)n[nH]c1=S)c1ccccc1. The number of nitrogens with one attached hydrogen (secondary N) is 2. The van der Waals surface area contributed by atoms with Gasteiger partial charge in [-0.15, -0.1) is 0 Å². The Bertz CT molecular complexity index is 1210. The zero-order valence-corrected chi connectivity index (χ0v) is 17.7. The number of aromatic nitrogens is 5. The molecule has 2 heterocycles. The van der Waals surface area contributed by atoms with Crippen molar-refractivity contribution < 1.29 is 4.79 Å². The summed E-state index contributed by atoms with van der Waals surface area (Å²) in [6, 6.07) is 16.5. The van der Waals surface area contributed by atoms with Crippen LogP contribution in [0.2, 0.25) is 5.02 Å². The molecule has 0 saturated heterocycles. The summed E-state index contributed by atoms with van der Waals surface area (Å²) in [6.45, 7) is 0.0149. The van der Waals surface area contributed by atoms with E-state index in [1.54, 1.807) is 22.9 Å². The highest BCUT2D eigenvalue weighted by Crippen LogP contribution is 2.22. The second-order valence-corrected chi connectivity index (χ2v) is 7.58. The van der Waals surface area contributed by atoms with Gasteiger partial charge < -0.3 is 9.88 Å². The number of nitrogens with zero attached hydrogens (tertiary/aromatic N) is 4. The predicted molar refractivity (Wildman–Crippen MR) is 117 cm³/mol. The van der Waals surface area contributed by atoms with Crippen LogP contribution in [0, 0.1) is 4.77 Å². The average molecular weight is 439 g/mol. The van der Waals surface area contributed by atoms with Crippen molar-refractivity contribution in [3.63, 3.8) is 0 Å². The Kier molecular flexibility index (Phi) is 5.78. The lowest BCUT2D eigenvalue weighted by atomic mass is 10.1. The van der Waals surface area contributed by atoms with Crippen LogP contribution in [0.25, 0.3) is 11.4 Å². The van der Waals surface area contributed by atoms with Gasteiger partial charge in [-0.2, -0.15) is 5.10 Å². The monoisotopic (exact) mass is 438 g/mol. The molecule has 4 rings (SSSR count). The van der Waals surface area contributed by atoms with E-state index in [4.69, 9.17) is 23.8 Å². The maximum absolute atomic E-state index is 13.0. The Morgan fingerprint density at radius 3 is 2.60 bits per heavy atom. The molecule has 2 aromatic carbocycles. The highest BCUT2D eigenvalue weighted by molar-refractivity contribution is 7.71. The Hall–Kier alpha value is -3.23. The number of aromatic amines is 1. The minimum Gasteiger partial charge on any atom is -0.341 e. The number of imidazole rings is 1. The van der Waals surface area contributed by atoms with E-state index in [0.717, 1.165) is 17.0 Å². The van der Waals surface area contributed by atoms with Crippen LogP contribution in [0.15, 0.2) is 67.0 Å². The second-order valence-electron chi connectivity index (χ2n) is 6.75. The second kappa shape index (κ2) is 8.64. The third kappa shape index (κ3) is 4.19. The molecule has 152 valence electrons. The van der Waals surface area contributed by atoms with Crippen molar-refractivity contribution >= 4 is 29.7 Å². The van der Waals surface area contributed by atoms with Gasteiger partial charge in [0.2, 0.25) is 5.91 Å². The molecule has 0 fully saturated rings. The van der Waals surface area contributed by atoms with Crippen molar-refractivity contribution in [2.24, 2.45) is 7.05 Å². The van der Waals surface area contributed by atoms with E-state index in [2.05, 4.69) is 20.5 Å². The molecule has 2 aromatic heterocycles. The van der Waals surface area contributed by atoms with Crippen LogP contribution >= 0.6 is 23.8 Å². The minimum atomic E-state index is -0.390. The lowest BCUT2D eigenvalue weighted by molar-refractivity contribution is -0.122.